The van der Waals surface area contributed by atoms with Gasteiger partial charge in [-0.15, -0.1) is 0 Å². The van der Waals surface area contributed by atoms with E-state index >= 15 is 0 Å². The Kier molecular flexibility index (Phi) is 5.13. The lowest BCUT2D eigenvalue weighted by molar-refractivity contribution is -0.123. The van der Waals surface area contributed by atoms with Crippen molar-refractivity contribution in [2.75, 3.05) is 0 Å². The third-order valence-corrected chi connectivity index (χ3v) is 5.12. The van der Waals surface area contributed by atoms with Crippen LogP contribution in [-0.2, 0) is 4.79 Å². The molecule has 1 amide bonds. The Morgan fingerprint density at radius 2 is 2.00 bits per heavy atom. The van der Waals surface area contributed by atoms with E-state index < -0.39 is 0 Å². The van der Waals surface area contributed by atoms with E-state index in [-0.39, 0.29) is 11.9 Å². The van der Waals surface area contributed by atoms with Crippen LogP contribution in [0.4, 0.5) is 0 Å². The predicted octanol–water partition coefficient (Wildman–Crippen LogP) is 4.99. The Balaban J connectivity index is 2.38. The molecule has 1 aromatic carbocycles. The average molecular weight is 346 g/mol. The second-order valence-corrected chi connectivity index (χ2v) is 6.93. The second kappa shape index (κ2) is 6.48. The second-order valence-electron chi connectivity index (χ2n) is 4.44. The fourth-order valence-corrected chi connectivity index (χ4v) is 3.77. The van der Waals surface area contributed by atoms with Crippen LogP contribution in [0.3, 0.4) is 0 Å². The lowest BCUT2D eigenvalue weighted by Crippen LogP contribution is -2.36. The number of hydrogen-bond acceptors (Lipinski definition) is 3. The molecular formula is C14H13Cl2NOS2. The number of rotatable bonds is 3. The summed E-state index contributed by atoms with van der Waals surface area (Å²) in [7, 11) is 0. The van der Waals surface area contributed by atoms with Crippen molar-refractivity contribution in [3.8, 4) is 0 Å². The van der Waals surface area contributed by atoms with Crippen LogP contribution in [0.5, 0.6) is 0 Å². The number of nitrogens with zero attached hydrogens (tertiary/aromatic N) is 1. The smallest absolute Gasteiger partial charge is 0.266 e. The Bertz CT molecular complexity index is 581. The zero-order valence-electron chi connectivity index (χ0n) is 11.0. The van der Waals surface area contributed by atoms with E-state index in [4.69, 9.17) is 35.4 Å². The molecule has 20 heavy (non-hydrogen) atoms. The van der Waals surface area contributed by atoms with Gasteiger partial charge in [0.05, 0.1) is 4.91 Å². The van der Waals surface area contributed by atoms with E-state index in [9.17, 15) is 4.79 Å². The maximum Gasteiger partial charge on any atom is 0.266 e. The number of carbonyl (C=O) groups excluding carboxylic acids is 1. The third-order valence-electron chi connectivity index (χ3n) is 3.13. The van der Waals surface area contributed by atoms with Gasteiger partial charge in [-0.25, -0.2) is 0 Å². The molecule has 0 aliphatic carbocycles. The van der Waals surface area contributed by atoms with Crippen molar-refractivity contribution in [2.24, 2.45) is 0 Å². The van der Waals surface area contributed by atoms with Gasteiger partial charge in [-0.1, -0.05) is 60.2 Å². The van der Waals surface area contributed by atoms with Crippen molar-refractivity contribution >= 4 is 63.5 Å². The van der Waals surface area contributed by atoms with Gasteiger partial charge in [0.2, 0.25) is 0 Å². The number of thiocarbonyl (C=S) groups is 1. The molecule has 0 spiro atoms. The van der Waals surface area contributed by atoms with E-state index in [1.165, 1.54) is 11.8 Å². The van der Waals surface area contributed by atoms with Crippen molar-refractivity contribution in [1.29, 1.82) is 0 Å². The standard InChI is InChI=1S/C14H13Cl2NOS2/c1-3-8(2)17-13(18)12(20-14(17)19)7-9-10(15)5-4-6-11(9)16/h4-8H,3H2,1-2H3. The molecule has 2 nitrogen and oxygen atoms in total. The van der Waals surface area contributed by atoms with Gasteiger partial charge >= 0.3 is 0 Å². The van der Waals surface area contributed by atoms with Crippen molar-refractivity contribution in [1.82, 2.24) is 4.90 Å². The van der Waals surface area contributed by atoms with Crippen molar-refractivity contribution in [2.45, 2.75) is 26.3 Å². The molecule has 0 saturated carbocycles. The SMILES string of the molecule is CCC(C)N1C(=O)C(=Cc2c(Cl)cccc2Cl)SC1=S. The van der Waals surface area contributed by atoms with Crippen LogP contribution in [0.1, 0.15) is 25.8 Å². The summed E-state index contributed by atoms with van der Waals surface area (Å²) in [6.07, 6.45) is 2.57. The molecule has 1 saturated heterocycles. The van der Waals surface area contributed by atoms with E-state index in [0.29, 0.717) is 24.8 Å². The molecule has 1 unspecified atom stereocenters. The molecule has 1 aromatic rings. The summed E-state index contributed by atoms with van der Waals surface area (Å²) in [5.74, 6) is -0.0784. The predicted molar refractivity (Wildman–Crippen MR) is 91.2 cm³/mol. The number of hydrogen-bond donors (Lipinski definition) is 0. The van der Waals surface area contributed by atoms with Crippen molar-refractivity contribution in [3.05, 3.63) is 38.7 Å². The third kappa shape index (κ3) is 3.03. The molecule has 1 aliphatic rings. The van der Waals surface area contributed by atoms with Gasteiger partial charge in [-0.05, 0) is 31.6 Å². The molecule has 1 heterocycles. The van der Waals surface area contributed by atoms with E-state index in [2.05, 4.69) is 0 Å². The first kappa shape index (κ1) is 15.8. The van der Waals surface area contributed by atoms with Crippen LogP contribution in [-0.4, -0.2) is 21.2 Å². The summed E-state index contributed by atoms with van der Waals surface area (Å²) < 4.78 is 0.582. The van der Waals surface area contributed by atoms with Gasteiger partial charge in [0, 0.05) is 21.7 Å². The molecule has 0 N–H and O–H groups in total. The first-order valence-electron chi connectivity index (χ1n) is 6.16. The van der Waals surface area contributed by atoms with E-state index in [0.717, 1.165) is 6.42 Å². The summed E-state index contributed by atoms with van der Waals surface area (Å²) in [5, 5.41) is 1.04. The summed E-state index contributed by atoms with van der Waals surface area (Å²) >= 11 is 18.8. The minimum atomic E-state index is -0.0784. The molecule has 1 aliphatic heterocycles. The number of amides is 1. The molecule has 6 heteroatoms. The van der Waals surface area contributed by atoms with E-state index in [1.807, 2.05) is 13.8 Å². The Hall–Kier alpha value is -0.550. The maximum absolute atomic E-state index is 12.4. The number of benzene rings is 1. The molecule has 2 rings (SSSR count). The van der Waals surface area contributed by atoms with Crippen LogP contribution < -0.4 is 0 Å². The number of halogens is 2. The summed E-state index contributed by atoms with van der Waals surface area (Å²) in [6, 6.07) is 5.35. The Morgan fingerprint density at radius 3 is 2.55 bits per heavy atom. The monoisotopic (exact) mass is 345 g/mol. The van der Waals surface area contributed by atoms with Gasteiger partial charge in [-0.2, -0.15) is 0 Å². The normalized spacial score (nSPS) is 19.0. The Morgan fingerprint density at radius 1 is 1.40 bits per heavy atom. The van der Waals surface area contributed by atoms with Gasteiger partial charge in [-0.3, -0.25) is 9.69 Å². The summed E-state index contributed by atoms with van der Waals surface area (Å²) in [4.78, 5) is 14.6. The van der Waals surface area contributed by atoms with Crippen molar-refractivity contribution in [3.63, 3.8) is 0 Å². The highest BCUT2D eigenvalue weighted by Gasteiger charge is 2.34. The zero-order chi connectivity index (χ0) is 14.9. The molecule has 0 aromatic heterocycles. The molecular weight excluding hydrogens is 333 g/mol. The quantitative estimate of drug-likeness (QED) is 0.568. The highest BCUT2D eigenvalue weighted by molar-refractivity contribution is 8.26. The van der Waals surface area contributed by atoms with Crippen LogP contribution in [0.2, 0.25) is 10.0 Å². The minimum Gasteiger partial charge on any atom is -0.290 e. The van der Waals surface area contributed by atoms with Crippen LogP contribution in [0, 0.1) is 0 Å². The fourth-order valence-electron chi connectivity index (χ4n) is 1.82. The first-order chi connectivity index (χ1) is 9.45. The lowest BCUT2D eigenvalue weighted by Gasteiger charge is -2.21. The molecule has 106 valence electrons. The zero-order valence-corrected chi connectivity index (χ0v) is 14.2. The number of thioether (sulfide) groups is 1. The van der Waals surface area contributed by atoms with Gasteiger partial charge < -0.3 is 0 Å². The Labute approximate surface area is 138 Å². The van der Waals surface area contributed by atoms with Gasteiger partial charge in [0.25, 0.3) is 5.91 Å². The highest BCUT2D eigenvalue weighted by Crippen LogP contribution is 2.36. The molecule has 0 radical (unpaired) electrons. The fraction of sp³-hybridized carbons (Fsp3) is 0.286. The van der Waals surface area contributed by atoms with Crippen LogP contribution >= 0.6 is 47.2 Å². The van der Waals surface area contributed by atoms with E-state index in [1.54, 1.807) is 29.2 Å². The van der Waals surface area contributed by atoms with Gasteiger partial charge in [0.1, 0.15) is 4.32 Å². The van der Waals surface area contributed by atoms with Crippen molar-refractivity contribution < 1.29 is 4.79 Å². The topological polar surface area (TPSA) is 20.3 Å². The first-order valence-corrected chi connectivity index (χ1v) is 8.14. The minimum absolute atomic E-state index is 0.0784. The summed E-state index contributed by atoms with van der Waals surface area (Å²) in [5.41, 5.74) is 0.653. The summed E-state index contributed by atoms with van der Waals surface area (Å²) in [6.45, 7) is 4.01. The van der Waals surface area contributed by atoms with Crippen LogP contribution in [0.15, 0.2) is 23.1 Å². The van der Waals surface area contributed by atoms with Gasteiger partial charge in [0.15, 0.2) is 0 Å². The lowest BCUT2D eigenvalue weighted by atomic mass is 10.2. The maximum atomic E-state index is 12.4. The average Bonchev–Trinajstić information content (AvgIpc) is 2.68. The largest absolute Gasteiger partial charge is 0.290 e. The molecule has 1 fully saturated rings. The number of carbonyl (C=O) groups is 1. The highest BCUT2D eigenvalue weighted by atomic mass is 35.5. The van der Waals surface area contributed by atoms with Crippen LogP contribution in [0.25, 0.3) is 6.08 Å². The molecule has 0 bridgehead atoms. The molecule has 1 atom stereocenters.